The van der Waals surface area contributed by atoms with E-state index in [-0.39, 0.29) is 6.61 Å². The van der Waals surface area contributed by atoms with Crippen LogP contribution in [0, 0.1) is 6.92 Å². The first-order chi connectivity index (χ1) is 15.2. The van der Waals surface area contributed by atoms with Crippen molar-refractivity contribution in [3.05, 3.63) is 58.4 Å². The molecule has 32 heavy (non-hydrogen) atoms. The van der Waals surface area contributed by atoms with E-state index in [2.05, 4.69) is 25.9 Å². The third-order valence-corrected chi connectivity index (χ3v) is 5.56. The number of aryl methyl sites for hydroxylation is 2. The van der Waals surface area contributed by atoms with E-state index < -0.39 is 11.7 Å². The van der Waals surface area contributed by atoms with E-state index in [9.17, 15) is 13.2 Å². The van der Waals surface area contributed by atoms with E-state index in [0.29, 0.717) is 53.7 Å². The molecule has 0 saturated carbocycles. The Morgan fingerprint density at radius 2 is 2.03 bits per heavy atom. The zero-order valence-electron chi connectivity index (χ0n) is 17.3. The van der Waals surface area contributed by atoms with Gasteiger partial charge in [-0.05, 0) is 49.1 Å². The van der Waals surface area contributed by atoms with Crippen LogP contribution in [0.1, 0.15) is 35.2 Å². The fraction of sp³-hybridized carbons (Fsp3) is 0.318. The van der Waals surface area contributed by atoms with Gasteiger partial charge in [0.05, 0.1) is 34.2 Å². The maximum Gasteiger partial charge on any atom is 0.416 e. The molecule has 10 heteroatoms. The summed E-state index contributed by atoms with van der Waals surface area (Å²) in [5, 5.41) is 18.5. The lowest BCUT2D eigenvalue weighted by atomic mass is 10.0. The van der Waals surface area contributed by atoms with Crippen LogP contribution in [0.4, 0.5) is 24.5 Å². The maximum absolute atomic E-state index is 13.2. The van der Waals surface area contributed by atoms with Crippen molar-refractivity contribution in [1.29, 1.82) is 0 Å². The highest BCUT2D eigenvalue weighted by atomic mass is 32.1. The molecule has 0 radical (unpaired) electrons. The molecule has 1 aromatic carbocycles. The molecule has 168 valence electrons. The minimum Gasteiger partial charge on any atom is -0.396 e. The molecule has 4 N–H and O–H groups in total. The number of halogens is 3. The zero-order chi connectivity index (χ0) is 22.9. The highest BCUT2D eigenvalue weighted by Crippen LogP contribution is 2.37. The Balaban J connectivity index is 1.61. The number of pyridine rings is 1. The second-order valence-corrected chi connectivity index (χ2v) is 8.17. The van der Waals surface area contributed by atoms with Gasteiger partial charge in [0.25, 0.3) is 0 Å². The van der Waals surface area contributed by atoms with E-state index >= 15 is 0 Å². The minimum atomic E-state index is -4.44. The lowest BCUT2D eigenvalue weighted by molar-refractivity contribution is -0.137. The van der Waals surface area contributed by atoms with Crippen molar-refractivity contribution in [2.24, 2.45) is 4.99 Å². The largest absolute Gasteiger partial charge is 0.416 e. The van der Waals surface area contributed by atoms with E-state index in [0.717, 1.165) is 34.7 Å². The molecule has 0 unspecified atom stereocenters. The van der Waals surface area contributed by atoms with Gasteiger partial charge in [0, 0.05) is 30.5 Å². The fourth-order valence-electron chi connectivity index (χ4n) is 3.65. The van der Waals surface area contributed by atoms with Gasteiger partial charge in [-0.2, -0.15) is 13.2 Å². The summed E-state index contributed by atoms with van der Waals surface area (Å²) in [4.78, 5) is 9.39. The summed E-state index contributed by atoms with van der Waals surface area (Å²) in [7, 11) is 0. The Morgan fingerprint density at radius 1 is 1.22 bits per heavy atom. The number of hydrogen-bond donors (Lipinski definition) is 4. The van der Waals surface area contributed by atoms with Gasteiger partial charge in [-0.25, -0.2) is 4.99 Å². The van der Waals surface area contributed by atoms with Crippen LogP contribution in [0.5, 0.6) is 0 Å². The van der Waals surface area contributed by atoms with Gasteiger partial charge in [-0.15, -0.1) is 0 Å². The number of aromatic nitrogens is 1. The molecular weight excluding hydrogens is 439 g/mol. The molecule has 0 bridgehead atoms. The van der Waals surface area contributed by atoms with Crippen LogP contribution < -0.4 is 16.0 Å². The summed E-state index contributed by atoms with van der Waals surface area (Å²) >= 11 is 5.33. The number of rotatable bonds is 4. The van der Waals surface area contributed by atoms with Crippen LogP contribution in [-0.2, 0) is 12.6 Å². The third-order valence-electron chi connectivity index (χ3n) is 5.31. The molecule has 2 aromatic rings. The second kappa shape index (κ2) is 8.87. The summed E-state index contributed by atoms with van der Waals surface area (Å²) in [5.74, 6) is 0.478. The van der Waals surface area contributed by atoms with E-state index in [1.165, 1.54) is 6.07 Å². The van der Waals surface area contributed by atoms with Gasteiger partial charge < -0.3 is 21.1 Å². The number of hydrogen-bond acceptors (Lipinski definition) is 6. The molecule has 4 rings (SSSR count). The number of nitrogens with zero attached hydrogens (tertiary/aromatic N) is 2. The average molecular weight is 462 g/mol. The van der Waals surface area contributed by atoms with E-state index in [1.807, 2.05) is 13.0 Å². The first-order valence-corrected chi connectivity index (χ1v) is 10.5. The normalized spacial score (nSPS) is 15.8. The molecule has 0 spiro atoms. The minimum absolute atomic E-state index is 0.104. The smallest absolute Gasteiger partial charge is 0.396 e. The van der Waals surface area contributed by atoms with Crippen LogP contribution in [0.25, 0.3) is 5.70 Å². The second-order valence-electron chi connectivity index (χ2n) is 7.68. The number of benzene rings is 1. The molecular formula is C22H22F3N5OS. The number of aliphatic hydroxyl groups is 1. The third kappa shape index (κ3) is 4.76. The summed E-state index contributed by atoms with van der Waals surface area (Å²) in [5.41, 5.74) is 4.31. The van der Waals surface area contributed by atoms with Gasteiger partial charge in [0.2, 0.25) is 5.96 Å². The lowest BCUT2D eigenvalue weighted by Crippen LogP contribution is -2.34. The number of alkyl halides is 3. The van der Waals surface area contributed by atoms with E-state index in [1.54, 1.807) is 6.20 Å². The number of anilines is 2. The predicted octanol–water partition coefficient (Wildman–Crippen LogP) is 4.26. The molecule has 0 atom stereocenters. The fourth-order valence-corrected chi connectivity index (χ4v) is 3.94. The van der Waals surface area contributed by atoms with Crippen LogP contribution in [-0.4, -0.2) is 34.2 Å². The summed E-state index contributed by atoms with van der Waals surface area (Å²) in [6.07, 6.45) is -0.919. The van der Waals surface area contributed by atoms with Crippen molar-refractivity contribution in [2.45, 2.75) is 32.4 Å². The van der Waals surface area contributed by atoms with Gasteiger partial charge in [-0.3, -0.25) is 4.98 Å². The first kappa shape index (κ1) is 22.2. The molecule has 1 aromatic heterocycles. The standard InChI is InChI=1S/C22H22F3N5OS/c1-12-17(7-13(10-26-12)3-2-6-31)29-21-27-11-14-8-19(32)28-18-9-15(22(23,24)25)4-5-16(18)20(14)30-21/h4-5,7,9-10,31H,2-3,6,8,11H2,1H3,(H,28,32)(H2,27,29,30). The van der Waals surface area contributed by atoms with Crippen LogP contribution in [0.15, 0.2) is 41.0 Å². The zero-order valence-corrected chi connectivity index (χ0v) is 18.1. The van der Waals surface area contributed by atoms with Crippen LogP contribution in [0.2, 0.25) is 0 Å². The van der Waals surface area contributed by atoms with Crippen molar-refractivity contribution in [2.75, 3.05) is 23.8 Å². The first-order valence-electron chi connectivity index (χ1n) is 10.1. The van der Waals surface area contributed by atoms with Gasteiger partial charge in [-0.1, -0.05) is 18.3 Å². The highest BCUT2D eigenvalue weighted by Gasteiger charge is 2.32. The maximum atomic E-state index is 13.2. The topological polar surface area (TPSA) is 81.6 Å². The molecule has 3 heterocycles. The van der Waals surface area contributed by atoms with Crippen molar-refractivity contribution < 1.29 is 18.3 Å². The van der Waals surface area contributed by atoms with Crippen LogP contribution >= 0.6 is 12.2 Å². The van der Waals surface area contributed by atoms with E-state index in [4.69, 9.17) is 17.3 Å². The molecule has 2 aliphatic rings. The Labute approximate surface area is 188 Å². The SMILES string of the molecule is Cc1ncc(CCCO)cc1NC1=NCC2=C(N1)c1ccc(C(F)(F)F)cc1NC(=S)C2. The number of aliphatic hydroxyl groups excluding tert-OH is 1. The lowest BCUT2D eigenvalue weighted by Gasteiger charge is -2.23. The monoisotopic (exact) mass is 461 g/mol. The molecule has 0 amide bonds. The molecule has 0 saturated heterocycles. The molecule has 6 nitrogen and oxygen atoms in total. The molecule has 2 aliphatic heterocycles. The van der Waals surface area contributed by atoms with Gasteiger partial charge in [0.15, 0.2) is 0 Å². The van der Waals surface area contributed by atoms with Gasteiger partial charge >= 0.3 is 6.18 Å². The Kier molecular flexibility index (Phi) is 6.16. The van der Waals surface area contributed by atoms with Crippen molar-refractivity contribution in [3.8, 4) is 0 Å². The Hall–Kier alpha value is -2.98. The van der Waals surface area contributed by atoms with Crippen molar-refractivity contribution in [3.63, 3.8) is 0 Å². The summed E-state index contributed by atoms with van der Waals surface area (Å²) < 4.78 is 39.6. The quantitative estimate of drug-likeness (QED) is 0.510. The number of guanidine groups is 1. The number of nitrogens with one attached hydrogen (secondary N) is 3. The average Bonchev–Trinajstić information content (AvgIpc) is 2.88. The molecule has 0 fully saturated rings. The number of thiocarbonyl (C=S) groups is 1. The van der Waals surface area contributed by atoms with Crippen molar-refractivity contribution in [1.82, 2.24) is 10.3 Å². The predicted molar refractivity (Wildman–Crippen MR) is 123 cm³/mol. The van der Waals surface area contributed by atoms with Gasteiger partial charge in [0.1, 0.15) is 0 Å². The Bertz CT molecular complexity index is 1130. The number of aliphatic imine (C=N–C) groups is 1. The summed E-state index contributed by atoms with van der Waals surface area (Å²) in [6, 6.07) is 5.56. The molecule has 0 aliphatic carbocycles. The van der Waals surface area contributed by atoms with Crippen molar-refractivity contribution >= 4 is 40.2 Å². The van der Waals surface area contributed by atoms with Crippen LogP contribution in [0.3, 0.4) is 0 Å². The number of fused-ring (bicyclic) bond motifs is 2. The highest BCUT2D eigenvalue weighted by molar-refractivity contribution is 7.80. The summed E-state index contributed by atoms with van der Waals surface area (Å²) in [6.45, 7) is 2.34. The Morgan fingerprint density at radius 3 is 2.78 bits per heavy atom.